The van der Waals surface area contributed by atoms with E-state index < -0.39 is 0 Å². The van der Waals surface area contributed by atoms with Gasteiger partial charge in [0.15, 0.2) is 0 Å². The zero-order chi connectivity index (χ0) is 16.2. The molecule has 0 atom stereocenters. The smallest absolute Gasteiger partial charge is 0.258 e. The van der Waals surface area contributed by atoms with Crippen molar-refractivity contribution in [2.45, 2.75) is 12.8 Å². The molecule has 0 spiro atoms. The Balaban J connectivity index is 1.68. The summed E-state index contributed by atoms with van der Waals surface area (Å²) >= 11 is 5.87. The molecule has 0 saturated heterocycles. The van der Waals surface area contributed by atoms with E-state index in [2.05, 4.69) is 15.3 Å². The highest BCUT2D eigenvalue weighted by Crippen LogP contribution is 2.15. The van der Waals surface area contributed by atoms with Crippen molar-refractivity contribution in [2.75, 3.05) is 5.32 Å². The fraction of sp³-hybridized carbons (Fsp3) is 0.118. The fourth-order valence-corrected chi connectivity index (χ4v) is 2.47. The number of para-hydroxylation sites is 1. The number of amides is 1. The van der Waals surface area contributed by atoms with Gasteiger partial charge in [-0.2, -0.15) is 0 Å². The molecule has 0 saturated carbocycles. The number of aryl methyl sites for hydroxylation is 1. The Morgan fingerprint density at radius 1 is 1.17 bits per heavy atom. The lowest BCUT2D eigenvalue weighted by Gasteiger charge is -2.06. The van der Waals surface area contributed by atoms with Crippen LogP contribution in [-0.4, -0.2) is 15.9 Å². The Bertz CT molecular complexity index is 921. The largest absolute Gasteiger partial charge is 0.326 e. The van der Waals surface area contributed by atoms with Gasteiger partial charge in [-0.25, -0.2) is 4.98 Å². The van der Waals surface area contributed by atoms with Crippen molar-refractivity contribution in [1.29, 1.82) is 0 Å². The first-order chi connectivity index (χ1) is 11.1. The van der Waals surface area contributed by atoms with Crippen molar-refractivity contribution in [3.05, 3.63) is 69.7 Å². The van der Waals surface area contributed by atoms with Crippen molar-refractivity contribution >= 4 is 34.1 Å². The monoisotopic (exact) mass is 327 g/mol. The van der Waals surface area contributed by atoms with Crippen molar-refractivity contribution in [3.8, 4) is 0 Å². The molecule has 116 valence electrons. The number of nitrogens with one attached hydrogen (secondary N) is 2. The van der Waals surface area contributed by atoms with E-state index in [0.29, 0.717) is 33.9 Å². The lowest BCUT2D eigenvalue weighted by Crippen LogP contribution is -2.16. The Hall–Kier alpha value is -2.66. The predicted molar refractivity (Wildman–Crippen MR) is 90.8 cm³/mol. The van der Waals surface area contributed by atoms with Crippen molar-refractivity contribution in [2.24, 2.45) is 0 Å². The number of aromatic nitrogens is 2. The molecule has 0 bridgehead atoms. The van der Waals surface area contributed by atoms with Crippen LogP contribution in [0.15, 0.2) is 53.3 Å². The van der Waals surface area contributed by atoms with Crippen molar-refractivity contribution in [1.82, 2.24) is 9.97 Å². The van der Waals surface area contributed by atoms with Crippen molar-refractivity contribution < 1.29 is 4.79 Å². The molecule has 0 aliphatic rings. The maximum absolute atomic E-state index is 12.0. The molecule has 1 heterocycles. The number of fused-ring (bicyclic) bond motifs is 1. The van der Waals surface area contributed by atoms with E-state index >= 15 is 0 Å². The molecule has 3 rings (SSSR count). The number of carbonyl (C=O) groups is 1. The van der Waals surface area contributed by atoms with Crippen LogP contribution < -0.4 is 10.9 Å². The van der Waals surface area contributed by atoms with E-state index in [1.807, 2.05) is 6.07 Å². The van der Waals surface area contributed by atoms with Gasteiger partial charge in [-0.05, 0) is 30.3 Å². The van der Waals surface area contributed by atoms with Crippen LogP contribution in [0.3, 0.4) is 0 Å². The molecule has 0 fully saturated rings. The van der Waals surface area contributed by atoms with E-state index in [1.165, 1.54) is 0 Å². The molecule has 0 unspecified atom stereocenters. The number of carbonyl (C=O) groups excluding carboxylic acids is 1. The first kappa shape index (κ1) is 15.2. The summed E-state index contributed by atoms with van der Waals surface area (Å²) in [6.45, 7) is 0. The molecular weight excluding hydrogens is 314 g/mol. The maximum Gasteiger partial charge on any atom is 0.258 e. The molecule has 23 heavy (non-hydrogen) atoms. The second-order valence-electron chi connectivity index (χ2n) is 5.09. The topological polar surface area (TPSA) is 74.8 Å². The molecule has 0 radical (unpaired) electrons. The van der Waals surface area contributed by atoms with Crippen LogP contribution in [0.25, 0.3) is 10.9 Å². The number of anilines is 1. The Morgan fingerprint density at radius 3 is 2.83 bits per heavy atom. The molecule has 6 heteroatoms. The standard InChI is InChI=1S/C17H14ClN3O2/c18-11-4-3-5-12(10-11)19-16(22)9-8-15-20-14-7-2-1-6-13(14)17(23)21-15/h1-7,10H,8-9H2,(H,19,22)(H,20,21,23). The molecule has 1 amide bonds. The minimum atomic E-state index is -0.194. The van der Waals surface area contributed by atoms with Crippen LogP contribution in [0.5, 0.6) is 0 Å². The van der Waals surface area contributed by atoms with Gasteiger partial charge in [-0.15, -0.1) is 0 Å². The molecule has 3 aromatic rings. The van der Waals surface area contributed by atoms with Gasteiger partial charge in [0.2, 0.25) is 5.91 Å². The molecule has 0 aliphatic heterocycles. The fourth-order valence-electron chi connectivity index (χ4n) is 2.27. The van der Waals surface area contributed by atoms with E-state index in [0.717, 1.165) is 0 Å². The zero-order valence-corrected chi connectivity index (χ0v) is 12.9. The molecule has 2 N–H and O–H groups in total. The highest BCUT2D eigenvalue weighted by atomic mass is 35.5. The van der Waals surface area contributed by atoms with Crippen LogP contribution in [-0.2, 0) is 11.2 Å². The minimum Gasteiger partial charge on any atom is -0.326 e. The van der Waals surface area contributed by atoms with Gasteiger partial charge in [0.25, 0.3) is 5.56 Å². The summed E-state index contributed by atoms with van der Waals surface area (Å²) in [5.41, 5.74) is 1.07. The first-order valence-electron chi connectivity index (χ1n) is 7.15. The Morgan fingerprint density at radius 2 is 2.00 bits per heavy atom. The molecule has 2 aromatic carbocycles. The lowest BCUT2D eigenvalue weighted by atomic mass is 10.2. The zero-order valence-electron chi connectivity index (χ0n) is 12.2. The highest BCUT2D eigenvalue weighted by Gasteiger charge is 2.07. The summed E-state index contributed by atoms with van der Waals surface area (Å²) in [5, 5.41) is 3.86. The number of hydrogen-bond donors (Lipinski definition) is 2. The van der Waals surface area contributed by atoms with Gasteiger partial charge >= 0.3 is 0 Å². The highest BCUT2D eigenvalue weighted by molar-refractivity contribution is 6.30. The molecular formula is C17H14ClN3O2. The number of halogens is 1. The summed E-state index contributed by atoms with van der Waals surface area (Å²) < 4.78 is 0. The van der Waals surface area contributed by atoms with Gasteiger partial charge in [-0.1, -0.05) is 29.8 Å². The van der Waals surface area contributed by atoms with Crippen LogP contribution in [0.1, 0.15) is 12.2 Å². The summed E-state index contributed by atoms with van der Waals surface area (Å²) in [7, 11) is 0. The summed E-state index contributed by atoms with van der Waals surface area (Å²) in [6.07, 6.45) is 0.570. The SMILES string of the molecule is O=C(CCc1nc2ccccc2c(=O)[nH]1)Nc1cccc(Cl)c1. The predicted octanol–water partition coefficient (Wildman–Crippen LogP) is 3.15. The Labute approximate surface area is 137 Å². The molecule has 5 nitrogen and oxygen atoms in total. The Kier molecular flexibility index (Phi) is 4.39. The quantitative estimate of drug-likeness (QED) is 0.773. The van der Waals surface area contributed by atoms with E-state index in [4.69, 9.17) is 11.6 Å². The first-order valence-corrected chi connectivity index (χ1v) is 7.53. The number of benzene rings is 2. The lowest BCUT2D eigenvalue weighted by molar-refractivity contribution is -0.116. The number of hydrogen-bond acceptors (Lipinski definition) is 3. The van der Waals surface area contributed by atoms with Gasteiger partial charge < -0.3 is 10.3 Å². The summed E-state index contributed by atoms with van der Waals surface area (Å²) in [6, 6.07) is 14.1. The van der Waals surface area contributed by atoms with Gasteiger partial charge in [0.05, 0.1) is 10.9 Å². The average Bonchev–Trinajstić information content (AvgIpc) is 2.53. The van der Waals surface area contributed by atoms with Crippen molar-refractivity contribution in [3.63, 3.8) is 0 Å². The minimum absolute atomic E-state index is 0.164. The molecule has 0 aliphatic carbocycles. The van der Waals surface area contributed by atoms with E-state index in [9.17, 15) is 9.59 Å². The average molecular weight is 328 g/mol. The second kappa shape index (κ2) is 6.62. The van der Waals surface area contributed by atoms with Crippen LogP contribution in [0, 0.1) is 0 Å². The molecule has 1 aromatic heterocycles. The van der Waals surface area contributed by atoms with Gasteiger partial charge in [-0.3, -0.25) is 9.59 Å². The maximum atomic E-state index is 12.0. The van der Waals surface area contributed by atoms with Gasteiger partial charge in [0, 0.05) is 23.6 Å². The summed E-state index contributed by atoms with van der Waals surface area (Å²) in [4.78, 5) is 31.0. The third kappa shape index (κ3) is 3.76. The van der Waals surface area contributed by atoms with Crippen LogP contribution >= 0.6 is 11.6 Å². The normalized spacial score (nSPS) is 10.7. The number of nitrogens with zero attached hydrogens (tertiary/aromatic N) is 1. The second-order valence-corrected chi connectivity index (χ2v) is 5.52. The number of H-pyrrole nitrogens is 1. The third-order valence-corrected chi connectivity index (χ3v) is 3.59. The van der Waals surface area contributed by atoms with Crippen LogP contribution in [0.2, 0.25) is 5.02 Å². The number of aromatic amines is 1. The summed E-state index contributed by atoms with van der Waals surface area (Å²) in [5.74, 6) is 0.331. The third-order valence-electron chi connectivity index (χ3n) is 3.36. The van der Waals surface area contributed by atoms with Gasteiger partial charge in [0.1, 0.15) is 5.82 Å². The number of rotatable bonds is 4. The van der Waals surface area contributed by atoms with Crippen LogP contribution in [0.4, 0.5) is 5.69 Å². The van der Waals surface area contributed by atoms with E-state index in [1.54, 1.807) is 42.5 Å². The van der Waals surface area contributed by atoms with E-state index in [-0.39, 0.29) is 17.9 Å².